The molecule has 0 aliphatic carbocycles. The molecule has 150 valence electrons. The van der Waals surface area contributed by atoms with Gasteiger partial charge in [0.25, 0.3) is 0 Å². The van der Waals surface area contributed by atoms with Crippen LogP contribution in [0.1, 0.15) is 30.9 Å². The number of nitrogens with one attached hydrogen (secondary N) is 2. The maximum Gasteiger partial charge on any atom is 0.191 e. The number of halogens is 1. The predicted molar refractivity (Wildman–Crippen MR) is 111 cm³/mol. The molecule has 2 N–H and O–H groups in total. The van der Waals surface area contributed by atoms with E-state index in [9.17, 15) is 4.39 Å². The van der Waals surface area contributed by atoms with Gasteiger partial charge < -0.3 is 15.5 Å². The van der Waals surface area contributed by atoms with E-state index in [0.717, 1.165) is 50.5 Å². The second-order valence-corrected chi connectivity index (χ2v) is 7.37. The number of likely N-dealkylation sites (tertiary alicyclic amines) is 1. The van der Waals surface area contributed by atoms with Crippen LogP contribution in [-0.4, -0.2) is 62.1 Å². The summed E-state index contributed by atoms with van der Waals surface area (Å²) < 4.78 is 13.9. The first-order chi connectivity index (χ1) is 13.0. The number of guanidine groups is 1. The number of nitrogens with zero attached hydrogens (tertiary/aromatic N) is 3. The van der Waals surface area contributed by atoms with Crippen LogP contribution in [0.4, 0.5) is 4.39 Å². The summed E-state index contributed by atoms with van der Waals surface area (Å²) in [6.07, 6.45) is 4.16. The first kappa shape index (κ1) is 21.4. The van der Waals surface area contributed by atoms with E-state index in [1.807, 2.05) is 37.2 Å². The van der Waals surface area contributed by atoms with Crippen molar-refractivity contribution >= 4 is 5.96 Å². The van der Waals surface area contributed by atoms with Crippen molar-refractivity contribution in [1.82, 2.24) is 20.4 Å². The van der Waals surface area contributed by atoms with Crippen LogP contribution in [0.15, 0.2) is 35.8 Å². The van der Waals surface area contributed by atoms with Crippen molar-refractivity contribution in [2.24, 2.45) is 4.99 Å². The molecule has 1 aromatic carbocycles. The lowest BCUT2D eigenvalue weighted by molar-refractivity contribution is 0.225. The fourth-order valence-electron chi connectivity index (χ4n) is 3.31. The lowest BCUT2D eigenvalue weighted by Crippen LogP contribution is -2.48. The highest BCUT2D eigenvalue weighted by atomic mass is 19.1. The molecule has 1 saturated heterocycles. The minimum absolute atomic E-state index is 0.159. The van der Waals surface area contributed by atoms with E-state index in [-0.39, 0.29) is 5.82 Å². The lowest BCUT2D eigenvalue weighted by atomic mass is 10.1. The summed E-state index contributed by atoms with van der Waals surface area (Å²) in [4.78, 5) is 9.10. The van der Waals surface area contributed by atoms with Gasteiger partial charge in [-0.05, 0) is 51.6 Å². The molecule has 1 aromatic rings. The average molecular weight is 376 g/mol. The van der Waals surface area contributed by atoms with Crippen LogP contribution >= 0.6 is 0 Å². The Morgan fingerprint density at radius 2 is 2.11 bits per heavy atom. The van der Waals surface area contributed by atoms with Crippen molar-refractivity contribution in [1.29, 1.82) is 0 Å². The zero-order valence-electron chi connectivity index (χ0n) is 17.0. The smallest absolute Gasteiger partial charge is 0.191 e. The van der Waals surface area contributed by atoms with Gasteiger partial charge in [-0.3, -0.25) is 4.90 Å². The zero-order chi connectivity index (χ0) is 19.6. The number of hydrogen-bond acceptors (Lipinski definition) is 3. The molecule has 0 bridgehead atoms. The van der Waals surface area contributed by atoms with Gasteiger partial charge in [0.15, 0.2) is 5.96 Å². The normalized spacial score (nSPS) is 16.6. The molecule has 1 aliphatic rings. The molecular formula is C21H34FN5. The number of benzene rings is 1. The largest absolute Gasteiger partial charge is 0.357 e. The molecular weight excluding hydrogens is 341 g/mol. The molecule has 27 heavy (non-hydrogen) atoms. The van der Waals surface area contributed by atoms with E-state index < -0.39 is 0 Å². The molecule has 1 aliphatic heterocycles. The molecule has 0 unspecified atom stereocenters. The Kier molecular flexibility index (Phi) is 8.75. The molecule has 0 saturated carbocycles. The van der Waals surface area contributed by atoms with Gasteiger partial charge in [0.05, 0.1) is 6.54 Å². The first-order valence-corrected chi connectivity index (χ1v) is 9.82. The summed E-state index contributed by atoms with van der Waals surface area (Å²) in [6.45, 7) is 10.9. The molecule has 5 nitrogen and oxygen atoms in total. The Hall–Kier alpha value is -1.92. The summed E-state index contributed by atoms with van der Waals surface area (Å²) in [5.74, 6) is 0.672. The van der Waals surface area contributed by atoms with Crippen LogP contribution < -0.4 is 10.6 Å². The van der Waals surface area contributed by atoms with E-state index in [0.29, 0.717) is 24.7 Å². The molecule has 1 fully saturated rings. The average Bonchev–Trinajstić information content (AvgIpc) is 2.64. The molecule has 0 amide bonds. The first-order valence-electron chi connectivity index (χ1n) is 9.82. The van der Waals surface area contributed by atoms with Crippen molar-refractivity contribution in [3.8, 4) is 0 Å². The molecule has 0 atom stereocenters. The Bertz CT molecular complexity index is 621. The van der Waals surface area contributed by atoms with Crippen molar-refractivity contribution in [2.75, 3.05) is 40.3 Å². The van der Waals surface area contributed by atoms with Crippen molar-refractivity contribution in [3.63, 3.8) is 0 Å². The molecule has 0 aromatic heterocycles. The highest BCUT2D eigenvalue weighted by Crippen LogP contribution is 2.14. The van der Waals surface area contributed by atoms with Crippen LogP contribution in [0.2, 0.25) is 0 Å². The topological polar surface area (TPSA) is 42.9 Å². The van der Waals surface area contributed by atoms with Crippen LogP contribution in [0.5, 0.6) is 0 Å². The highest BCUT2D eigenvalue weighted by molar-refractivity contribution is 5.80. The second kappa shape index (κ2) is 11.0. The molecule has 0 radical (unpaired) electrons. The van der Waals surface area contributed by atoms with Gasteiger partial charge in [-0.15, -0.1) is 6.58 Å². The van der Waals surface area contributed by atoms with Crippen LogP contribution in [0, 0.1) is 5.82 Å². The second-order valence-electron chi connectivity index (χ2n) is 7.37. The summed E-state index contributed by atoms with van der Waals surface area (Å²) >= 11 is 0. The Morgan fingerprint density at radius 1 is 1.37 bits per heavy atom. The van der Waals surface area contributed by atoms with E-state index in [1.54, 1.807) is 6.07 Å². The van der Waals surface area contributed by atoms with E-state index >= 15 is 0 Å². The van der Waals surface area contributed by atoms with Gasteiger partial charge in [-0.2, -0.15) is 0 Å². The van der Waals surface area contributed by atoms with Crippen molar-refractivity contribution in [2.45, 2.75) is 38.9 Å². The maximum atomic E-state index is 13.9. The fourth-order valence-corrected chi connectivity index (χ4v) is 3.31. The summed E-state index contributed by atoms with van der Waals surface area (Å²) in [6, 6.07) is 5.70. The Labute approximate surface area is 163 Å². The molecule has 2 rings (SSSR count). The molecule has 0 spiro atoms. The van der Waals surface area contributed by atoms with Gasteiger partial charge >= 0.3 is 0 Å². The number of rotatable bonds is 8. The van der Waals surface area contributed by atoms with Crippen LogP contribution in [-0.2, 0) is 13.1 Å². The zero-order valence-corrected chi connectivity index (χ0v) is 17.0. The standard InChI is InChI=1S/C21H34FN5/c1-5-11-27-12-9-19(10-13-27)25-21(23-6-2)24-15-17-7-8-20(22)18(14-17)16-26(3)4/h5,7-8,14,19H,1,6,9-13,15-16H2,2-4H3,(H2,23,24,25). The number of aliphatic imine (C=N–C) groups is 1. The Morgan fingerprint density at radius 3 is 2.74 bits per heavy atom. The summed E-state index contributed by atoms with van der Waals surface area (Å²) in [5.41, 5.74) is 1.73. The Balaban J connectivity index is 1.96. The number of piperidine rings is 1. The lowest BCUT2D eigenvalue weighted by Gasteiger charge is -2.32. The minimum Gasteiger partial charge on any atom is -0.357 e. The summed E-state index contributed by atoms with van der Waals surface area (Å²) in [5, 5.41) is 6.87. The maximum absolute atomic E-state index is 13.9. The third-order valence-electron chi connectivity index (χ3n) is 4.68. The number of hydrogen-bond donors (Lipinski definition) is 2. The summed E-state index contributed by atoms with van der Waals surface area (Å²) in [7, 11) is 3.88. The molecule has 1 heterocycles. The SMILES string of the molecule is C=CCN1CCC(NC(=NCc2ccc(F)c(CN(C)C)c2)NCC)CC1. The fraction of sp³-hybridized carbons (Fsp3) is 0.571. The highest BCUT2D eigenvalue weighted by Gasteiger charge is 2.19. The predicted octanol–water partition coefficient (Wildman–Crippen LogP) is 2.59. The molecule has 6 heteroatoms. The van der Waals surface area contributed by atoms with E-state index in [1.165, 1.54) is 0 Å². The van der Waals surface area contributed by atoms with Gasteiger partial charge in [0.2, 0.25) is 0 Å². The van der Waals surface area contributed by atoms with Crippen LogP contribution in [0.3, 0.4) is 0 Å². The van der Waals surface area contributed by atoms with Gasteiger partial charge in [0.1, 0.15) is 5.82 Å². The third-order valence-corrected chi connectivity index (χ3v) is 4.68. The quantitative estimate of drug-likeness (QED) is 0.416. The van der Waals surface area contributed by atoms with Crippen molar-refractivity contribution in [3.05, 3.63) is 47.8 Å². The van der Waals surface area contributed by atoms with Gasteiger partial charge in [-0.25, -0.2) is 9.38 Å². The van der Waals surface area contributed by atoms with Crippen LogP contribution in [0.25, 0.3) is 0 Å². The third kappa shape index (κ3) is 7.31. The minimum atomic E-state index is -0.159. The van der Waals surface area contributed by atoms with E-state index in [2.05, 4.69) is 29.0 Å². The van der Waals surface area contributed by atoms with Crippen molar-refractivity contribution < 1.29 is 4.39 Å². The monoisotopic (exact) mass is 375 g/mol. The van der Waals surface area contributed by atoms with Gasteiger partial charge in [-0.1, -0.05) is 12.1 Å². The van der Waals surface area contributed by atoms with E-state index in [4.69, 9.17) is 4.99 Å². The van der Waals surface area contributed by atoms with Gasteiger partial charge in [0, 0.05) is 44.3 Å².